The van der Waals surface area contributed by atoms with Crippen molar-refractivity contribution in [2.75, 3.05) is 13.2 Å². The van der Waals surface area contributed by atoms with Crippen molar-refractivity contribution >= 4 is 23.9 Å². The molecule has 11 heteroatoms. The van der Waals surface area contributed by atoms with Crippen LogP contribution < -0.4 is 0 Å². The third-order valence-corrected chi connectivity index (χ3v) is 7.93. The molecule has 0 aromatic heterocycles. The maximum absolute atomic E-state index is 12.9. The van der Waals surface area contributed by atoms with Crippen molar-refractivity contribution in [3.05, 3.63) is 23.3 Å². The van der Waals surface area contributed by atoms with Gasteiger partial charge in [0.15, 0.2) is 6.10 Å². The fourth-order valence-electron chi connectivity index (χ4n) is 5.69. The van der Waals surface area contributed by atoms with E-state index < -0.39 is 78.1 Å². The molecule has 3 aliphatic heterocycles. The summed E-state index contributed by atoms with van der Waals surface area (Å²) in [6.45, 7) is 8.73. The van der Waals surface area contributed by atoms with Gasteiger partial charge in [-0.25, -0.2) is 9.59 Å². The van der Waals surface area contributed by atoms with E-state index in [1.807, 2.05) is 6.92 Å². The Morgan fingerprint density at radius 3 is 2.53 bits per heavy atom. The molecule has 7 atom stereocenters. The zero-order chi connectivity index (χ0) is 26.6. The number of hydrogen-bond donors (Lipinski definition) is 2. The van der Waals surface area contributed by atoms with Gasteiger partial charge < -0.3 is 33.9 Å². The number of aliphatic hydroxyl groups is 2. The van der Waals surface area contributed by atoms with Gasteiger partial charge in [-0.3, -0.25) is 9.59 Å². The molecule has 3 fully saturated rings. The fraction of sp³-hybridized carbons (Fsp3) is 0.680. The highest BCUT2D eigenvalue weighted by atomic mass is 16.7. The van der Waals surface area contributed by atoms with E-state index in [9.17, 15) is 29.4 Å². The van der Waals surface area contributed by atoms with Crippen molar-refractivity contribution < 1.29 is 53.1 Å². The minimum Gasteiger partial charge on any atom is -0.461 e. The van der Waals surface area contributed by atoms with E-state index >= 15 is 0 Å². The van der Waals surface area contributed by atoms with Crippen LogP contribution in [0.3, 0.4) is 0 Å². The van der Waals surface area contributed by atoms with Gasteiger partial charge in [-0.2, -0.15) is 0 Å². The van der Waals surface area contributed by atoms with Crippen LogP contribution in [0.4, 0.5) is 0 Å². The molecule has 0 spiro atoms. The second kappa shape index (κ2) is 8.97. The van der Waals surface area contributed by atoms with Crippen LogP contribution in [0.15, 0.2) is 23.3 Å². The van der Waals surface area contributed by atoms with Crippen LogP contribution in [-0.4, -0.2) is 82.4 Å². The molecule has 1 saturated carbocycles. The maximum atomic E-state index is 12.9. The van der Waals surface area contributed by atoms with E-state index in [-0.39, 0.29) is 29.6 Å². The second-order valence-electron chi connectivity index (χ2n) is 10.3. The number of carbonyl (C=O) groups is 4. The number of fused-ring (bicyclic) bond motifs is 4. The Bertz CT molecular complexity index is 1050. The minimum atomic E-state index is -1.62. The Balaban J connectivity index is 1.86. The van der Waals surface area contributed by atoms with E-state index in [4.69, 9.17) is 23.7 Å². The predicted molar refractivity (Wildman–Crippen MR) is 120 cm³/mol. The summed E-state index contributed by atoms with van der Waals surface area (Å²) in [7, 11) is 0. The quantitative estimate of drug-likeness (QED) is 0.224. The predicted octanol–water partition coefficient (Wildman–Crippen LogP) is 0.646. The van der Waals surface area contributed by atoms with E-state index in [2.05, 4.69) is 6.58 Å². The van der Waals surface area contributed by atoms with Crippen molar-refractivity contribution in [1.82, 2.24) is 0 Å². The third-order valence-electron chi connectivity index (χ3n) is 7.93. The van der Waals surface area contributed by atoms with Gasteiger partial charge in [0.1, 0.15) is 30.0 Å². The van der Waals surface area contributed by atoms with Crippen LogP contribution in [-0.2, 0) is 42.9 Å². The molecular weight excluding hydrogens is 476 g/mol. The monoisotopic (exact) mass is 508 g/mol. The highest BCUT2D eigenvalue weighted by molar-refractivity contribution is 5.94. The molecule has 198 valence electrons. The Hall–Kier alpha value is -2.76. The average Bonchev–Trinajstić information content (AvgIpc) is 3.30. The van der Waals surface area contributed by atoms with Crippen LogP contribution in [0.2, 0.25) is 0 Å². The van der Waals surface area contributed by atoms with Gasteiger partial charge in [0.25, 0.3) is 0 Å². The molecule has 36 heavy (non-hydrogen) atoms. The molecule has 1 aliphatic carbocycles. The van der Waals surface area contributed by atoms with Gasteiger partial charge >= 0.3 is 23.9 Å². The molecule has 0 aromatic carbocycles. The summed E-state index contributed by atoms with van der Waals surface area (Å²) in [5, 5.41) is 21.3. The molecule has 4 aliphatic rings. The summed E-state index contributed by atoms with van der Waals surface area (Å²) in [6.07, 6.45) is -2.21. The molecule has 7 unspecified atom stereocenters. The first-order valence-corrected chi connectivity index (χ1v) is 12.0. The third kappa shape index (κ3) is 4.12. The number of carbonyl (C=O) groups excluding carboxylic acids is 4. The summed E-state index contributed by atoms with van der Waals surface area (Å²) < 4.78 is 28.1. The number of hydrogen-bond acceptors (Lipinski definition) is 11. The summed E-state index contributed by atoms with van der Waals surface area (Å²) >= 11 is 0. The summed E-state index contributed by atoms with van der Waals surface area (Å²) in [5.74, 6) is -3.73. The van der Waals surface area contributed by atoms with Gasteiger partial charge in [0, 0.05) is 18.9 Å². The number of ether oxygens (including phenoxy) is 5. The molecule has 4 rings (SSSR count). The zero-order valence-electron chi connectivity index (χ0n) is 20.8. The van der Waals surface area contributed by atoms with Crippen LogP contribution in [0.5, 0.6) is 0 Å². The highest BCUT2D eigenvalue weighted by Crippen LogP contribution is 2.55. The molecule has 0 bridgehead atoms. The fourth-order valence-corrected chi connectivity index (χ4v) is 5.69. The first kappa shape index (κ1) is 26.3. The van der Waals surface area contributed by atoms with Crippen molar-refractivity contribution in [1.29, 1.82) is 0 Å². The van der Waals surface area contributed by atoms with Crippen LogP contribution in [0, 0.1) is 5.92 Å². The Morgan fingerprint density at radius 1 is 1.22 bits per heavy atom. The van der Waals surface area contributed by atoms with Crippen molar-refractivity contribution in [3.8, 4) is 0 Å². The molecule has 0 amide bonds. The number of aliphatic hydroxyl groups excluding tert-OH is 1. The standard InChI is InChI=1S/C25H32O11/c1-6-15-22(30)36-24(5)9-16(33-20(28)12(2)10-26)17-14(11-32-13(3)27)21(29)34-18(17)19-23(4,35-19)7-8-25(15,24)31/h15-16,18-19,26,31H,2,6-11H2,1,3-5H3. The summed E-state index contributed by atoms with van der Waals surface area (Å²) in [6, 6.07) is 0. The van der Waals surface area contributed by atoms with E-state index in [0.717, 1.165) is 0 Å². The SMILES string of the molecule is C=C(CO)C(=O)OC1CC2(C)OC(=O)C(CC)C2(O)CCC2(C)OC2C2OC(=O)C(COC(C)=O)=C12. The van der Waals surface area contributed by atoms with Crippen molar-refractivity contribution in [3.63, 3.8) is 0 Å². The maximum Gasteiger partial charge on any atom is 0.338 e. The van der Waals surface area contributed by atoms with Gasteiger partial charge in [0.05, 0.1) is 29.3 Å². The zero-order valence-corrected chi connectivity index (χ0v) is 20.8. The van der Waals surface area contributed by atoms with Crippen LogP contribution in [0.1, 0.15) is 53.4 Å². The molecule has 0 radical (unpaired) electrons. The van der Waals surface area contributed by atoms with Gasteiger partial charge in [-0.15, -0.1) is 0 Å². The lowest BCUT2D eigenvalue weighted by Gasteiger charge is -2.42. The average molecular weight is 509 g/mol. The number of rotatable bonds is 6. The molecular formula is C25H32O11. The number of epoxide rings is 1. The van der Waals surface area contributed by atoms with Crippen molar-refractivity contribution in [2.24, 2.45) is 5.92 Å². The van der Waals surface area contributed by atoms with Gasteiger partial charge in [0.2, 0.25) is 0 Å². The normalized spacial score (nSPS) is 39.3. The molecule has 2 saturated heterocycles. The second-order valence-corrected chi connectivity index (χ2v) is 10.3. The van der Waals surface area contributed by atoms with Crippen molar-refractivity contribution in [2.45, 2.75) is 88.5 Å². The Labute approximate surface area is 208 Å². The van der Waals surface area contributed by atoms with Crippen LogP contribution >= 0.6 is 0 Å². The van der Waals surface area contributed by atoms with E-state index in [1.165, 1.54) is 6.92 Å². The smallest absolute Gasteiger partial charge is 0.338 e. The molecule has 2 N–H and O–H groups in total. The molecule has 3 heterocycles. The minimum absolute atomic E-state index is 0.0236. The summed E-state index contributed by atoms with van der Waals surface area (Å²) in [4.78, 5) is 50.0. The Kier molecular flexibility index (Phi) is 6.55. The lowest BCUT2D eigenvalue weighted by molar-refractivity contribution is -0.167. The highest BCUT2D eigenvalue weighted by Gasteiger charge is 2.69. The van der Waals surface area contributed by atoms with Gasteiger partial charge in [-0.1, -0.05) is 13.5 Å². The number of esters is 4. The topological polar surface area (TPSA) is 158 Å². The lowest BCUT2D eigenvalue weighted by Crippen LogP contribution is -2.55. The van der Waals surface area contributed by atoms with Crippen LogP contribution in [0.25, 0.3) is 0 Å². The van der Waals surface area contributed by atoms with E-state index in [1.54, 1.807) is 13.8 Å². The lowest BCUT2D eigenvalue weighted by atomic mass is 9.68. The molecule has 11 nitrogen and oxygen atoms in total. The van der Waals surface area contributed by atoms with Gasteiger partial charge in [-0.05, 0) is 33.1 Å². The first-order chi connectivity index (χ1) is 16.8. The first-order valence-electron chi connectivity index (χ1n) is 12.0. The summed E-state index contributed by atoms with van der Waals surface area (Å²) in [5.41, 5.74) is -3.98. The van der Waals surface area contributed by atoms with E-state index in [0.29, 0.717) is 12.8 Å². The molecule has 0 aromatic rings. The Morgan fingerprint density at radius 2 is 1.92 bits per heavy atom. The largest absolute Gasteiger partial charge is 0.461 e.